The summed E-state index contributed by atoms with van der Waals surface area (Å²) in [6, 6.07) is 65.8. The van der Waals surface area contributed by atoms with Crippen molar-refractivity contribution >= 4 is 54.3 Å². The maximum atomic E-state index is 6.43. The zero-order valence-corrected chi connectivity index (χ0v) is 26.7. The summed E-state index contributed by atoms with van der Waals surface area (Å²) in [5.74, 6) is 0. The Balaban J connectivity index is 1.22. The Hall–Kier alpha value is -6.44. The lowest BCUT2D eigenvalue weighted by Crippen LogP contribution is -1.92. The van der Waals surface area contributed by atoms with Gasteiger partial charge < -0.3 is 4.42 Å². The van der Waals surface area contributed by atoms with Gasteiger partial charge in [-0.15, -0.1) is 0 Å². The van der Waals surface area contributed by atoms with Gasteiger partial charge in [-0.1, -0.05) is 158 Å². The average Bonchev–Trinajstić information content (AvgIpc) is 3.56. The number of fused-ring (bicyclic) bond motifs is 6. The van der Waals surface area contributed by atoms with E-state index >= 15 is 0 Å². The van der Waals surface area contributed by atoms with E-state index in [4.69, 9.17) is 4.42 Å². The van der Waals surface area contributed by atoms with Crippen molar-refractivity contribution in [3.8, 4) is 44.5 Å². The third kappa shape index (κ3) is 4.47. The lowest BCUT2D eigenvalue weighted by atomic mass is 9.84. The van der Waals surface area contributed by atoms with Gasteiger partial charge in [0.15, 0.2) is 0 Å². The van der Waals surface area contributed by atoms with E-state index in [9.17, 15) is 0 Å². The number of benzene rings is 9. The van der Waals surface area contributed by atoms with Crippen LogP contribution in [0.25, 0.3) is 98.8 Å². The first-order chi connectivity index (χ1) is 24.3. The minimum absolute atomic E-state index is 0.915. The number of hydrogen-bond donors (Lipinski definition) is 0. The monoisotopic (exact) mass is 622 g/mol. The molecule has 10 aromatic rings. The fourth-order valence-corrected chi connectivity index (χ4v) is 7.77. The van der Waals surface area contributed by atoms with Crippen LogP contribution in [0.2, 0.25) is 0 Å². The highest BCUT2D eigenvalue weighted by molar-refractivity contribution is 6.22. The maximum Gasteiger partial charge on any atom is 0.143 e. The van der Waals surface area contributed by atoms with Crippen LogP contribution in [-0.4, -0.2) is 0 Å². The first-order valence-electron chi connectivity index (χ1n) is 16.8. The van der Waals surface area contributed by atoms with Crippen LogP contribution in [0.3, 0.4) is 0 Å². The standard InChI is InChI=1S/C48H30O/c1-2-13-32(14-3-1)46-40-19-6-7-20-41(40)47(37-25-24-31-12-4-5-15-33(31)29-37)42-27-26-35(30-44(42)46)34-16-10-17-36(28-34)38-21-11-22-43-39-18-8-9-23-45(39)49-48(38)43/h1-30H. The first kappa shape index (κ1) is 27.7. The molecule has 0 bridgehead atoms. The minimum Gasteiger partial charge on any atom is -0.455 e. The molecule has 1 heterocycles. The van der Waals surface area contributed by atoms with Gasteiger partial charge in [-0.25, -0.2) is 0 Å². The Morgan fingerprint density at radius 1 is 0.286 bits per heavy atom. The van der Waals surface area contributed by atoms with Crippen molar-refractivity contribution < 1.29 is 4.42 Å². The molecule has 0 saturated heterocycles. The van der Waals surface area contributed by atoms with Gasteiger partial charge in [0.1, 0.15) is 11.2 Å². The fraction of sp³-hybridized carbons (Fsp3) is 0. The van der Waals surface area contributed by atoms with Crippen molar-refractivity contribution in [2.75, 3.05) is 0 Å². The molecule has 49 heavy (non-hydrogen) atoms. The molecule has 0 aliphatic heterocycles. The highest BCUT2D eigenvalue weighted by atomic mass is 16.3. The summed E-state index contributed by atoms with van der Waals surface area (Å²) in [7, 11) is 0. The normalized spacial score (nSPS) is 11.7. The van der Waals surface area contributed by atoms with Gasteiger partial charge in [0.2, 0.25) is 0 Å². The van der Waals surface area contributed by atoms with E-state index in [0.29, 0.717) is 0 Å². The van der Waals surface area contributed by atoms with Crippen LogP contribution >= 0.6 is 0 Å². The molecule has 0 atom stereocenters. The van der Waals surface area contributed by atoms with Crippen LogP contribution in [0.15, 0.2) is 186 Å². The second kappa shape index (κ2) is 11.1. The molecule has 10 rings (SSSR count). The molecule has 228 valence electrons. The van der Waals surface area contributed by atoms with Crippen LogP contribution in [0.4, 0.5) is 0 Å². The van der Waals surface area contributed by atoms with E-state index in [2.05, 4.69) is 170 Å². The van der Waals surface area contributed by atoms with Crippen molar-refractivity contribution in [2.45, 2.75) is 0 Å². The van der Waals surface area contributed by atoms with Crippen LogP contribution in [0.5, 0.6) is 0 Å². The van der Waals surface area contributed by atoms with E-state index in [1.165, 1.54) is 65.7 Å². The minimum atomic E-state index is 0.915. The number of rotatable bonds is 4. The molecule has 0 amide bonds. The third-order valence-corrected chi connectivity index (χ3v) is 10.0. The number of hydrogen-bond acceptors (Lipinski definition) is 1. The highest BCUT2D eigenvalue weighted by Gasteiger charge is 2.18. The number of para-hydroxylation sites is 2. The van der Waals surface area contributed by atoms with E-state index in [1.54, 1.807) is 0 Å². The van der Waals surface area contributed by atoms with Crippen molar-refractivity contribution in [1.82, 2.24) is 0 Å². The molecule has 1 heteroatoms. The first-order valence-corrected chi connectivity index (χ1v) is 16.8. The van der Waals surface area contributed by atoms with E-state index in [0.717, 1.165) is 33.1 Å². The van der Waals surface area contributed by atoms with Crippen molar-refractivity contribution in [3.05, 3.63) is 182 Å². The SMILES string of the molecule is c1ccc(-c2c3ccccc3c(-c3ccc4ccccc4c3)c3ccc(-c4cccc(-c5cccc6c5oc5ccccc56)c4)cc23)cc1. The van der Waals surface area contributed by atoms with Gasteiger partial charge in [0, 0.05) is 16.3 Å². The zero-order chi connectivity index (χ0) is 32.3. The van der Waals surface area contributed by atoms with Crippen molar-refractivity contribution in [3.63, 3.8) is 0 Å². The molecule has 0 N–H and O–H groups in total. The Labute approximate surface area is 284 Å². The van der Waals surface area contributed by atoms with Crippen LogP contribution in [0, 0.1) is 0 Å². The Morgan fingerprint density at radius 3 is 1.73 bits per heavy atom. The molecule has 0 fully saturated rings. The van der Waals surface area contributed by atoms with Gasteiger partial charge in [0.05, 0.1) is 0 Å². The fourth-order valence-electron chi connectivity index (χ4n) is 7.77. The van der Waals surface area contributed by atoms with Crippen molar-refractivity contribution in [1.29, 1.82) is 0 Å². The molecule has 0 saturated carbocycles. The summed E-state index contributed by atoms with van der Waals surface area (Å²) in [6.07, 6.45) is 0. The summed E-state index contributed by atoms with van der Waals surface area (Å²) in [5, 5.41) is 9.80. The second-order valence-corrected chi connectivity index (χ2v) is 12.8. The summed E-state index contributed by atoms with van der Waals surface area (Å²) < 4.78 is 6.43. The lowest BCUT2D eigenvalue weighted by molar-refractivity contribution is 0.670. The topological polar surface area (TPSA) is 13.1 Å². The molecule has 0 aliphatic carbocycles. The molecule has 9 aromatic carbocycles. The zero-order valence-electron chi connectivity index (χ0n) is 26.7. The molecule has 0 aliphatic rings. The van der Waals surface area contributed by atoms with Crippen molar-refractivity contribution in [2.24, 2.45) is 0 Å². The molecule has 0 unspecified atom stereocenters. The summed E-state index contributed by atoms with van der Waals surface area (Å²) >= 11 is 0. The highest BCUT2D eigenvalue weighted by Crippen LogP contribution is 2.45. The predicted molar refractivity (Wildman–Crippen MR) is 208 cm³/mol. The van der Waals surface area contributed by atoms with Gasteiger partial charge in [0.25, 0.3) is 0 Å². The third-order valence-electron chi connectivity index (χ3n) is 10.0. The molecular formula is C48H30O. The summed E-state index contributed by atoms with van der Waals surface area (Å²) in [5.41, 5.74) is 11.4. The Bertz CT molecular complexity index is 2870. The smallest absolute Gasteiger partial charge is 0.143 e. The van der Waals surface area contributed by atoms with Crippen LogP contribution < -0.4 is 0 Å². The largest absolute Gasteiger partial charge is 0.455 e. The molecule has 0 radical (unpaired) electrons. The molecule has 1 nitrogen and oxygen atoms in total. The van der Waals surface area contributed by atoms with Crippen LogP contribution in [0.1, 0.15) is 0 Å². The summed E-state index contributed by atoms with van der Waals surface area (Å²) in [6.45, 7) is 0. The average molecular weight is 623 g/mol. The lowest BCUT2D eigenvalue weighted by Gasteiger charge is -2.19. The molecule has 1 aromatic heterocycles. The number of furan rings is 1. The van der Waals surface area contributed by atoms with Gasteiger partial charge in [-0.3, -0.25) is 0 Å². The van der Waals surface area contributed by atoms with Crippen LogP contribution in [-0.2, 0) is 0 Å². The van der Waals surface area contributed by atoms with Gasteiger partial charge in [-0.05, 0) is 95.5 Å². The second-order valence-electron chi connectivity index (χ2n) is 12.8. The summed E-state index contributed by atoms with van der Waals surface area (Å²) in [4.78, 5) is 0. The molecular weight excluding hydrogens is 593 g/mol. The predicted octanol–water partition coefficient (Wildman–Crippen LogP) is 13.7. The van der Waals surface area contributed by atoms with Gasteiger partial charge in [-0.2, -0.15) is 0 Å². The molecule has 0 spiro atoms. The quantitative estimate of drug-likeness (QED) is 0.178. The maximum absolute atomic E-state index is 6.43. The van der Waals surface area contributed by atoms with E-state index < -0.39 is 0 Å². The Kier molecular flexibility index (Phi) is 6.25. The van der Waals surface area contributed by atoms with E-state index in [-0.39, 0.29) is 0 Å². The van der Waals surface area contributed by atoms with E-state index in [1.807, 2.05) is 12.1 Å². The van der Waals surface area contributed by atoms with Gasteiger partial charge >= 0.3 is 0 Å². The Morgan fingerprint density at radius 2 is 0.878 bits per heavy atom.